The maximum Gasteiger partial charge on any atom is 0.203 e. The van der Waals surface area contributed by atoms with Crippen molar-refractivity contribution in [2.45, 2.75) is 12.3 Å². The molecule has 0 fully saturated rings. The SMILES string of the molecule is COc1cc(-n2nnnc2C(C)Cl)cc(OC)c1OC. The van der Waals surface area contributed by atoms with Crippen molar-refractivity contribution in [3.05, 3.63) is 18.0 Å². The Bertz CT molecular complexity index is 575. The van der Waals surface area contributed by atoms with Crippen LogP contribution in [0, 0.1) is 0 Å². The molecule has 0 saturated heterocycles. The van der Waals surface area contributed by atoms with Crippen LogP contribution < -0.4 is 14.2 Å². The summed E-state index contributed by atoms with van der Waals surface area (Å²) in [6.45, 7) is 1.79. The van der Waals surface area contributed by atoms with Crippen molar-refractivity contribution in [3.8, 4) is 22.9 Å². The smallest absolute Gasteiger partial charge is 0.203 e. The normalized spacial score (nSPS) is 12.1. The van der Waals surface area contributed by atoms with Crippen LogP contribution in [-0.4, -0.2) is 41.5 Å². The Kier molecular flexibility index (Phi) is 4.29. The summed E-state index contributed by atoms with van der Waals surface area (Å²) in [7, 11) is 4.64. The highest BCUT2D eigenvalue weighted by Gasteiger charge is 2.18. The molecule has 1 heterocycles. The van der Waals surface area contributed by atoms with Gasteiger partial charge in [-0.15, -0.1) is 16.7 Å². The predicted molar refractivity (Wildman–Crippen MR) is 73.1 cm³/mol. The fraction of sp³-hybridized carbons (Fsp3) is 0.417. The quantitative estimate of drug-likeness (QED) is 0.786. The van der Waals surface area contributed by atoms with Gasteiger partial charge in [0, 0.05) is 12.1 Å². The lowest BCUT2D eigenvalue weighted by atomic mass is 10.2. The third-order valence-corrected chi connectivity index (χ3v) is 2.94. The first-order valence-electron chi connectivity index (χ1n) is 5.85. The van der Waals surface area contributed by atoms with E-state index in [1.807, 2.05) is 0 Å². The number of hydrogen-bond acceptors (Lipinski definition) is 6. The molecule has 0 spiro atoms. The first kappa shape index (κ1) is 14.4. The van der Waals surface area contributed by atoms with Crippen LogP contribution in [0.1, 0.15) is 18.1 Å². The standard InChI is InChI=1S/C12H15ClN4O3/c1-7(13)12-14-15-16-17(12)8-5-9(18-2)11(20-4)10(6-8)19-3/h5-7H,1-4H3. The van der Waals surface area contributed by atoms with E-state index in [9.17, 15) is 0 Å². The number of rotatable bonds is 5. The zero-order chi connectivity index (χ0) is 14.7. The van der Waals surface area contributed by atoms with Crippen LogP contribution in [0.25, 0.3) is 5.69 Å². The molecule has 0 amide bonds. The molecule has 0 aliphatic heterocycles. The molecular formula is C12H15ClN4O3. The third kappa shape index (κ3) is 2.49. The minimum Gasteiger partial charge on any atom is -0.493 e. The van der Waals surface area contributed by atoms with E-state index in [0.717, 1.165) is 0 Å². The molecule has 0 aliphatic rings. The lowest BCUT2D eigenvalue weighted by Crippen LogP contribution is -2.05. The second kappa shape index (κ2) is 5.96. The summed E-state index contributed by atoms with van der Waals surface area (Å²) in [5.74, 6) is 2.07. The van der Waals surface area contributed by atoms with E-state index in [0.29, 0.717) is 28.8 Å². The molecule has 1 unspecified atom stereocenters. The third-order valence-electron chi connectivity index (χ3n) is 2.74. The summed E-state index contributed by atoms with van der Waals surface area (Å²) in [5.41, 5.74) is 0.673. The molecule has 0 N–H and O–H groups in total. The Morgan fingerprint density at radius 3 is 2.15 bits per heavy atom. The summed E-state index contributed by atoms with van der Waals surface area (Å²) < 4.78 is 17.4. The number of benzene rings is 1. The van der Waals surface area contributed by atoms with Crippen molar-refractivity contribution in [1.29, 1.82) is 0 Å². The van der Waals surface area contributed by atoms with E-state index >= 15 is 0 Å². The van der Waals surface area contributed by atoms with Crippen molar-refractivity contribution in [2.75, 3.05) is 21.3 Å². The van der Waals surface area contributed by atoms with Crippen molar-refractivity contribution in [2.24, 2.45) is 0 Å². The number of nitrogens with zero attached hydrogens (tertiary/aromatic N) is 4. The molecule has 0 bridgehead atoms. The first-order chi connectivity index (χ1) is 9.62. The highest BCUT2D eigenvalue weighted by molar-refractivity contribution is 6.20. The van der Waals surface area contributed by atoms with Gasteiger partial charge in [-0.05, 0) is 17.4 Å². The van der Waals surface area contributed by atoms with E-state index in [4.69, 9.17) is 25.8 Å². The molecule has 1 atom stereocenters. The van der Waals surface area contributed by atoms with Gasteiger partial charge in [0.1, 0.15) is 0 Å². The number of aromatic nitrogens is 4. The molecule has 1 aromatic carbocycles. The second-order valence-corrected chi connectivity index (χ2v) is 4.60. The molecule has 8 heteroatoms. The molecular weight excluding hydrogens is 284 g/mol. The maximum atomic E-state index is 6.05. The molecule has 0 aliphatic carbocycles. The molecule has 108 valence electrons. The van der Waals surface area contributed by atoms with Crippen LogP contribution in [0.5, 0.6) is 17.2 Å². The molecule has 1 aromatic heterocycles. The maximum absolute atomic E-state index is 6.05. The highest BCUT2D eigenvalue weighted by atomic mass is 35.5. The van der Waals surface area contributed by atoms with Crippen molar-refractivity contribution < 1.29 is 14.2 Å². The Labute approximate surface area is 121 Å². The highest BCUT2D eigenvalue weighted by Crippen LogP contribution is 2.39. The number of hydrogen-bond donors (Lipinski definition) is 0. The van der Waals surface area contributed by atoms with Gasteiger partial charge >= 0.3 is 0 Å². The first-order valence-corrected chi connectivity index (χ1v) is 6.28. The second-order valence-electron chi connectivity index (χ2n) is 3.95. The van der Waals surface area contributed by atoms with E-state index < -0.39 is 0 Å². The average Bonchev–Trinajstić information content (AvgIpc) is 2.95. The van der Waals surface area contributed by atoms with Gasteiger partial charge in [-0.25, -0.2) is 0 Å². The van der Waals surface area contributed by atoms with Gasteiger partial charge in [0.15, 0.2) is 17.3 Å². The van der Waals surface area contributed by atoms with Crippen molar-refractivity contribution in [1.82, 2.24) is 20.2 Å². The summed E-state index contributed by atoms with van der Waals surface area (Å²) >= 11 is 6.05. The monoisotopic (exact) mass is 298 g/mol. The number of methoxy groups -OCH3 is 3. The Balaban J connectivity index is 2.60. The molecule has 2 rings (SSSR count). The minimum absolute atomic E-state index is 0.330. The lowest BCUT2D eigenvalue weighted by Gasteiger charge is -2.14. The zero-order valence-electron chi connectivity index (χ0n) is 11.6. The van der Waals surface area contributed by atoms with Crippen LogP contribution in [0.3, 0.4) is 0 Å². The van der Waals surface area contributed by atoms with Gasteiger partial charge < -0.3 is 14.2 Å². The van der Waals surface area contributed by atoms with E-state index in [-0.39, 0.29) is 5.38 Å². The molecule has 7 nitrogen and oxygen atoms in total. The van der Waals surface area contributed by atoms with Crippen LogP contribution in [0.15, 0.2) is 12.1 Å². The molecule has 0 saturated carbocycles. The fourth-order valence-electron chi connectivity index (χ4n) is 1.82. The van der Waals surface area contributed by atoms with Crippen LogP contribution in [0.2, 0.25) is 0 Å². The topological polar surface area (TPSA) is 71.3 Å². The molecule has 20 heavy (non-hydrogen) atoms. The Morgan fingerprint density at radius 2 is 1.70 bits per heavy atom. The van der Waals surface area contributed by atoms with Gasteiger partial charge in [0.2, 0.25) is 5.75 Å². The fourth-order valence-corrected chi connectivity index (χ4v) is 1.95. The van der Waals surface area contributed by atoms with E-state index in [2.05, 4.69) is 15.5 Å². The summed E-state index contributed by atoms with van der Waals surface area (Å²) in [6, 6.07) is 3.50. The summed E-state index contributed by atoms with van der Waals surface area (Å²) in [6.07, 6.45) is 0. The Morgan fingerprint density at radius 1 is 1.10 bits per heavy atom. The van der Waals surface area contributed by atoms with Crippen molar-refractivity contribution in [3.63, 3.8) is 0 Å². The molecule has 0 radical (unpaired) electrons. The number of ether oxygens (including phenoxy) is 3. The zero-order valence-corrected chi connectivity index (χ0v) is 12.4. The van der Waals surface area contributed by atoms with Gasteiger partial charge in [0.25, 0.3) is 0 Å². The van der Waals surface area contributed by atoms with Gasteiger partial charge in [-0.2, -0.15) is 4.68 Å². The average molecular weight is 299 g/mol. The van der Waals surface area contributed by atoms with E-state index in [1.165, 1.54) is 4.68 Å². The predicted octanol–water partition coefficient (Wildman–Crippen LogP) is 1.99. The number of tetrazole rings is 1. The Hall–Kier alpha value is -2.02. The van der Waals surface area contributed by atoms with Gasteiger partial charge in [-0.1, -0.05) is 0 Å². The summed E-state index contributed by atoms with van der Waals surface area (Å²) in [4.78, 5) is 0. The van der Waals surface area contributed by atoms with E-state index in [1.54, 1.807) is 40.4 Å². The van der Waals surface area contributed by atoms with Gasteiger partial charge in [0.05, 0.1) is 32.4 Å². The van der Waals surface area contributed by atoms with Gasteiger partial charge in [-0.3, -0.25) is 0 Å². The van der Waals surface area contributed by atoms with Crippen molar-refractivity contribution >= 4 is 11.6 Å². The van der Waals surface area contributed by atoms with Crippen LogP contribution in [-0.2, 0) is 0 Å². The van der Waals surface area contributed by atoms with Crippen LogP contribution >= 0.6 is 11.6 Å². The number of halogens is 1. The largest absolute Gasteiger partial charge is 0.493 e. The number of alkyl halides is 1. The minimum atomic E-state index is -0.330. The lowest BCUT2D eigenvalue weighted by molar-refractivity contribution is 0.324. The summed E-state index contributed by atoms with van der Waals surface area (Å²) in [5, 5.41) is 11.1. The van der Waals surface area contributed by atoms with Crippen LogP contribution in [0.4, 0.5) is 0 Å². The molecule has 2 aromatic rings.